The number of ether oxygens (including phenoxy) is 1. The summed E-state index contributed by atoms with van der Waals surface area (Å²) in [6.07, 6.45) is 3.41. The van der Waals surface area contributed by atoms with Gasteiger partial charge in [-0.1, -0.05) is 42.5 Å². The fourth-order valence-corrected chi connectivity index (χ4v) is 3.73. The van der Waals surface area contributed by atoms with Gasteiger partial charge in [0, 0.05) is 24.3 Å². The van der Waals surface area contributed by atoms with Crippen molar-refractivity contribution in [3.8, 4) is 11.6 Å². The Morgan fingerprint density at radius 1 is 1.14 bits per heavy atom. The molecule has 28 heavy (non-hydrogen) atoms. The molecule has 0 saturated heterocycles. The van der Waals surface area contributed by atoms with Crippen LogP contribution in [0.15, 0.2) is 66.9 Å². The minimum absolute atomic E-state index is 0.268. The highest BCUT2D eigenvalue weighted by atomic mass is 16.5. The summed E-state index contributed by atoms with van der Waals surface area (Å²) >= 11 is 0. The molecule has 5 nitrogen and oxygen atoms in total. The first-order chi connectivity index (χ1) is 13.6. The molecule has 3 aromatic rings. The quantitative estimate of drug-likeness (QED) is 0.675. The number of rotatable bonds is 6. The third kappa shape index (κ3) is 3.75. The molecule has 0 aliphatic heterocycles. The number of aromatic nitrogens is 1. The molecule has 1 aliphatic carbocycles. The van der Waals surface area contributed by atoms with Crippen LogP contribution in [-0.4, -0.2) is 10.9 Å². The number of nitrogens with two attached hydrogens (primary N) is 1. The number of hydrogen-bond donors (Lipinski definition) is 2. The number of benzene rings is 2. The number of hydrogen-bond acceptors (Lipinski definition) is 4. The van der Waals surface area contributed by atoms with Crippen LogP contribution >= 0.6 is 0 Å². The summed E-state index contributed by atoms with van der Waals surface area (Å²) < 4.78 is 6.00. The molecule has 1 aromatic heterocycles. The van der Waals surface area contributed by atoms with E-state index < -0.39 is 5.91 Å². The molecule has 1 heterocycles. The highest BCUT2D eigenvalue weighted by Crippen LogP contribution is 2.39. The summed E-state index contributed by atoms with van der Waals surface area (Å²) in [6.45, 7) is 2.19. The van der Waals surface area contributed by atoms with Crippen LogP contribution in [0.2, 0.25) is 0 Å². The lowest BCUT2D eigenvalue weighted by molar-refractivity contribution is 0.1000. The van der Waals surface area contributed by atoms with Gasteiger partial charge in [0.15, 0.2) is 0 Å². The third-order valence-electron chi connectivity index (χ3n) is 5.21. The maximum Gasteiger partial charge on any atom is 0.250 e. The summed E-state index contributed by atoms with van der Waals surface area (Å²) in [7, 11) is 0. The number of pyridine rings is 1. The molecule has 0 bridgehead atoms. The minimum atomic E-state index is -0.499. The first-order valence-corrected chi connectivity index (χ1v) is 9.48. The molecule has 2 atom stereocenters. The monoisotopic (exact) mass is 373 g/mol. The number of primary amides is 1. The predicted molar refractivity (Wildman–Crippen MR) is 108 cm³/mol. The van der Waals surface area contributed by atoms with Crippen molar-refractivity contribution in [2.45, 2.75) is 31.8 Å². The van der Waals surface area contributed by atoms with Crippen molar-refractivity contribution in [2.24, 2.45) is 5.73 Å². The molecule has 4 rings (SSSR count). The van der Waals surface area contributed by atoms with E-state index in [0.29, 0.717) is 17.5 Å². The second-order valence-corrected chi connectivity index (χ2v) is 7.07. The van der Waals surface area contributed by atoms with Gasteiger partial charge in [0.05, 0.1) is 5.56 Å². The van der Waals surface area contributed by atoms with Crippen LogP contribution in [-0.2, 0) is 6.42 Å². The van der Waals surface area contributed by atoms with E-state index in [4.69, 9.17) is 10.5 Å². The number of fused-ring (bicyclic) bond motifs is 1. The molecule has 0 saturated carbocycles. The van der Waals surface area contributed by atoms with Gasteiger partial charge < -0.3 is 15.8 Å². The van der Waals surface area contributed by atoms with E-state index in [0.717, 1.165) is 18.6 Å². The first kappa shape index (κ1) is 18.2. The second kappa shape index (κ2) is 7.82. The summed E-state index contributed by atoms with van der Waals surface area (Å²) in [5.74, 6) is 0.766. The van der Waals surface area contributed by atoms with Crippen LogP contribution in [0.5, 0.6) is 11.6 Å². The Kier molecular flexibility index (Phi) is 5.08. The lowest BCUT2D eigenvalue weighted by Gasteiger charge is -2.21. The van der Waals surface area contributed by atoms with Crippen molar-refractivity contribution in [3.05, 3.63) is 89.1 Å². The van der Waals surface area contributed by atoms with E-state index in [-0.39, 0.29) is 6.04 Å². The molecule has 5 heteroatoms. The number of carbonyl (C=O) groups is 1. The molecule has 2 unspecified atom stereocenters. The number of carbonyl (C=O) groups excluding carboxylic acids is 1. The van der Waals surface area contributed by atoms with Gasteiger partial charge in [-0.25, -0.2) is 4.98 Å². The maximum atomic E-state index is 11.2. The molecule has 1 amide bonds. The largest absolute Gasteiger partial charge is 0.439 e. The normalized spacial score (nSPS) is 16.4. The zero-order chi connectivity index (χ0) is 19.5. The zero-order valence-corrected chi connectivity index (χ0v) is 15.8. The molecular formula is C23H23N3O2. The Morgan fingerprint density at radius 3 is 2.68 bits per heavy atom. The number of nitrogens with one attached hydrogen (secondary N) is 1. The van der Waals surface area contributed by atoms with Crippen molar-refractivity contribution in [2.75, 3.05) is 0 Å². The summed E-state index contributed by atoms with van der Waals surface area (Å²) in [5, 5.41) is 3.74. The van der Waals surface area contributed by atoms with E-state index in [1.165, 1.54) is 22.9 Å². The van der Waals surface area contributed by atoms with E-state index in [1.54, 1.807) is 12.1 Å². The summed E-state index contributed by atoms with van der Waals surface area (Å²) in [5.41, 5.74) is 9.39. The summed E-state index contributed by atoms with van der Waals surface area (Å²) in [6, 6.07) is 20.5. The van der Waals surface area contributed by atoms with Crippen LogP contribution in [0, 0.1) is 0 Å². The van der Waals surface area contributed by atoms with Crippen molar-refractivity contribution < 1.29 is 9.53 Å². The molecule has 2 aromatic carbocycles. The Morgan fingerprint density at radius 2 is 1.96 bits per heavy atom. The fraction of sp³-hybridized carbons (Fsp3) is 0.217. The molecular weight excluding hydrogens is 350 g/mol. The third-order valence-corrected chi connectivity index (χ3v) is 5.21. The van der Waals surface area contributed by atoms with Crippen molar-refractivity contribution in [3.63, 3.8) is 0 Å². The minimum Gasteiger partial charge on any atom is -0.439 e. The predicted octanol–water partition coefficient (Wildman–Crippen LogP) is 4.31. The average molecular weight is 373 g/mol. The highest BCUT2D eigenvalue weighted by molar-refractivity contribution is 5.92. The van der Waals surface area contributed by atoms with Crippen molar-refractivity contribution >= 4 is 5.91 Å². The van der Waals surface area contributed by atoms with Gasteiger partial charge in [0.2, 0.25) is 11.8 Å². The van der Waals surface area contributed by atoms with Crippen LogP contribution in [0.25, 0.3) is 0 Å². The Balaban J connectivity index is 1.51. The highest BCUT2D eigenvalue weighted by Gasteiger charge is 2.26. The van der Waals surface area contributed by atoms with E-state index in [2.05, 4.69) is 47.6 Å². The van der Waals surface area contributed by atoms with E-state index in [1.807, 2.05) is 18.2 Å². The molecule has 3 N–H and O–H groups in total. The van der Waals surface area contributed by atoms with Crippen molar-refractivity contribution in [1.82, 2.24) is 10.3 Å². The Labute approximate surface area is 164 Å². The van der Waals surface area contributed by atoms with Gasteiger partial charge in [-0.15, -0.1) is 0 Å². The summed E-state index contributed by atoms with van der Waals surface area (Å²) in [4.78, 5) is 15.4. The maximum absolute atomic E-state index is 11.2. The van der Waals surface area contributed by atoms with Gasteiger partial charge >= 0.3 is 0 Å². The van der Waals surface area contributed by atoms with Crippen LogP contribution < -0.4 is 15.8 Å². The van der Waals surface area contributed by atoms with Crippen LogP contribution in [0.4, 0.5) is 0 Å². The standard InChI is InChI=1S/C23H23N3O2/c1-15(16-6-3-2-4-7-16)26-20-12-11-19-18(20)8-5-9-21(19)28-22-13-10-17(14-25-22)23(24)27/h2-10,13-15,20,26H,11-12H2,1H3,(H2,24,27). The van der Waals surface area contributed by atoms with Gasteiger partial charge in [-0.2, -0.15) is 0 Å². The number of amides is 1. The lowest BCUT2D eigenvalue weighted by atomic mass is 10.0. The van der Waals surface area contributed by atoms with Gasteiger partial charge in [0.1, 0.15) is 5.75 Å². The average Bonchev–Trinajstić information content (AvgIpc) is 3.13. The SMILES string of the molecule is CC(NC1CCc2c(Oc3ccc(C(N)=O)cn3)cccc21)c1ccccc1. The second-order valence-electron chi connectivity index (χ2n) is 7.07. The first-order valence-electron chi connectivity index (χ1n) is 9.48. The Bertz CT molecular complexity index is 971. The van der Waals surface area contributed by atoms with Crippen LogP contribution in [0.3, 0.4) is 0 Å². The molecule has 0 fully saturated rings. The van der Waals surface area contributed by atoms with Gasteiger partial charge in [-0.05, 0) is 48.6 Å². The molecule has 0 radical (unpaired) electrons. The van der Waals surface area contributed by atoms with Crippen LogP contribution in [0.1, 0.15) is 52.5 Å². The van der Waals surface area contributed by atoms with E-state index >= 15 is 0 Å². The van der Waals surface area contributed by atoms with Gasteiger partial charge in [0.25, 0.3) is 0 Å². The Hall–Kier alpha value is -3.18. The smallest absolute Gasteiger partial charge is 0.250 e. The molecule has 142 valence electrons. The van der Waals surface area contributed by atoms with Gasteiger partial charge in [-0.3, -0.25) is 4.79 Å². The number of nitrogens with zero attached hydrogens (tertiary/aromatic N) is 1. The fourth-order valence-electron chi connectivity index (χ4n) is 3.73. The lowest BCUT2D eigenvalue weighted by Crippen LogP contribution is -2.22. The molecule has 0 spiro atoms. The van der Waals surface area contributed by atoms with E-state index in [9.17, 15) is 4.79 Å². The molecule has 1 aliphatic rings. The zero-order valence-electron chi connectivity index (χ0n) is 15.8. The topological polar surface area (TPSA) is 77.2 Å². The van der Waals surface area contributed by atoms with Crippen molar-refractivity contribution in [1.29, 1.82) is 0 Å².